The second-order valence-corrected chi connectivity index (χ2v) is 3.54. The van der Waals surface area contributed by atoms with Gasteiger partial charge in [-0.25, -0.2) is 0 Å². The Hall–Kier alpha value is -1.75. The Balaban J connectivity index is 2.26. The fourth-order valence-corrected chi connectivity index (χ4v) is 1.36. The van der Waals surface area contributed by atoms with E-state index in [-0.39, 0.29) is 12.5 Å². The van der Waals surface area contributed by atoms with Crippen molar-refractivity contribution >= 4 is 5.91 Å². The van der Waals surface area contributed by atoms with Crippen LogP contribution in [0.3, 0.4) is 0 Å². The third-order valence-corrected chi connectivity index (χ3v) is 2.25. The summed E-state index contributed by atoms with van der Waals surface area (Å²) in [6, 6.07) is 7.39. The van der Waals surface area contributed by atoms with Crippen molar-refractivity contribution < 1.29 is 9.53 Å². The quantitative estimate of drug-likeness (QED) is 0.576. The topological polar surface area (TPSA) is 67.8 Å². The molecule has 5 heteroatoms. The number of hydrogen-bond donors (Lipinski definition) is 1. The van der Waals surface area contributed by atoms with Gasteiger partial charge in [0.15, 0.2) is 0 Å². The number of benzene rings is 1. The van der Waals surface area contributed by atoms with E-state index in [4.69, 9.17) is 4.74 Å². The number of rotatable bonds is 7. The Morgan fingerprint density at radius 1 is 1.35 bits per heavy atom. The second-order valence-electron chi connectivity index (χ2n) is 3.54. The fraction of sp³-hybridized carbons (Fsp3) is 0.417. The molecule has 0 saturated heterocycles. The molecule has 1 aromatic rings. The number of nitrogens with one attached hydrogen (secondary N) is 1. The number of carbonyl (C=O) groups is 1. The van der Waals surface area contributed by atoms with E-state index in [2.05, 4.69) is 10.5 Å². The van der Waals surface area contributed by atoms with Crippen LogP contribution in [0.15, 0.2) is 29.4 Å². The van der Waals surface area contributed by atoms with Gasteiger partial charge in [-0.1, -0.05) is 23.4 Å². The van der Waals surface area contributed by atoms with E-state index in [1.165, 1.54) is 0 Å². The van der Waals surface area contributed by atoms with Crippen molar-refractivity contribution in [1.29, 1.82) is 0 Å². The highest BCUT2D eigenvalue weighted by molar-refractivity contribution is 5.95. The fourth-order valence-electron chi connectivity index (χ4n) is 1.36. The van der Waals surface area contributed by atoms with Crippen LogP contribution >= 0.6 is 0 Å². The zero-order valence-corrected chi connectivity index (χ0v) is 9.81. The van der Waals surface area contributed by atoms with Gasteiger partial charge in [0.25, 0.3) is 5.91 Å². The molecule has 0 heterocycles. The highest BCUT2D eigenvalue weighted by Gasteiger charge is 2.06. The van der Waals surface area contributed by atoms with Crippen LogP contribution in [0.4, 0.5) is 0 Å². The summed E-state index contributed by atoms with van der Waals surface area (Å²) >= 11 is 0. The Morgan fingerprint density at radius 3 is 2.82 bits per heavy atom. The molecule has 5 nitrogen and oxygen atoms in total. The zero-order chi connectivity index (χ0) is 12.5. The first kappa shape index (κ1) is 13.3. The minimum absolute atomic E-state index is 0.111. The van der Waals surface area contributed by atoms with Gasteiger partial charge < -0.3 is 10.1 Å². The second kappa shape index (κ2) is 7.51. The Morgan fingerprint density at radius 2 is 2.12 bits per heavy atom. The summed E-state index contributed by atoms with van der Waals surface area (Å²) in [6.45, 7) is 3.13. The molecule has 0 aliphatic carbocycles. The minimum atomic E-state index is -0.111. The highest BCUT2D eigenvalue weighted by atomic mass is 16.5. The van der Waals surface area contributed by atoms with Gasteiger partial charge in [-0.3, -0.25) is 4.79 Å². The molecule has 0 unspecified atom stereocenters. The molecule has 1 rings (SSSR count). The Bertz CT molecular complexity index is 380. The molecule has 0 aromatic heterocycles. The van der Waals surface area contributed by atoms with Crippen LogP contribution in [0.2, 0.25) is 0 Å². The lowest BCUT2D eigenvalue weighted by molar-refractivity contribution is 0.0919. The van der Waals surface area contributed by atoms with Crippen molar-refractivity contribution in [3.8, 4) is 0 Å². The van der Waals surface area contributed by atoms with Crippen LogP contribution in [0.25, 0.3) is 0 Å². The number of hydrogen-bond acceptors (Lipinski definition) is 4. The summed E-state index contributed by atoms with van der Waals surface area (Å²) in [4.78, 5) is 21.5. The number of nitrogens with zero attached hydrogens (tertiary/aromatic N) is 1. The minimum Gasteiger partial charge on any atom is -0.378 e. The molecule has 92 valence electrons. The molecule has 1 amide bonds. The SMILES string of the molecule is Cc1ccccc1C(=O)NCCOCCN=O. The molecule has 1 aromatic carbocycles. The van der Waals surface area contributed by atoms with E-state index in [1.807, 2.05) is 25.1 Å². The molecule has 0 spiro atoms. The van der Waals surface area contributed by atoms with Gasteiger partial charge in [-0.05, 0) is 18.6 Å². The van der Waals surface area contributed by atoms with Gasteiger partial charge in [0.2, 0.25) is 0 Å². The molecule has 0 bridgehead atoms. The Labute approximate surface area is 100 Å². The molecule has 0 radical (unpaired) electrons. The zero-order valence-electron chi connectivity index (χ0n) is 9.81. The van der Waals surface area contributed by atoms with Gasteiger partial charge in [0.1, 0.15) is 6.54 Å². The van der Waals surface area contributed by atoms with Gasteiger partial charge in [0, 0.05) is 12.1 Å². The van der Waals surface area contributed by atoms with Crippen LogP contribution < -0.4 is 5.32 Å². The number of ether oxygens (including phenoxy) is 1. The summed E-state index contributed by atoms with van der Waals surface area (Å²) in [5, 5.41) is 5.41. The van der Waals surface area contributed by atoms with Crippen LogP contribution in [0.5, 0.6) is 0 Å². The van der Waals surface area contributed by atoms with Crippen LogP contribution in [-0.2, 0) is 4.74 Å². The van der Waals surface area contributed by atoms with E-state index in [0.29, 0.717) is 25.3 Å². The van der Waals surface area contributed by atoms with Crippen molar-refractivity contribution in [2.45, 2.75) is 6.92 Å². The first-order chi connectivity index (χ1) is 8.25. The maximum atomic E-state index is 11.7. The first-order valence-corrected chi connectivity index (χ1v) is 5.46. The van der Waals surface area contributed by atoms with Crippen LogP contribution in [0, 0.1) is 11.8 Å². The Kier molecular flexibility index (Phi) is 5.88. The van der Waals surface area contributed by atoms with Crippen LogP contribution in [-0.4, -0.2) is 32.2 Å². The lowest BCUT2D eigenvalue weighted by Crippen LogP contribution is -2.28. The third-order valence-electron chi connectivity index (χ3n) is 2.25. The number of amides is 1. The molecule has 0 aliphatic heterocycles. The third kappa shape index (κ3) is 4.74. The summed E-state index contributed by atoms with van der Waals surface area (Å²) in [5.74, 6) is -0.111. The highest BCUT2D eigenvalue weighted by Crippen LogP contribution is 2.05. The molecule has 17 heavy (non-hydrogen) atoms. The van der Waals surface area contributed by atoms with Crippen molar-refractivity contribution in [3.05, 3.63) is 40.3 Å². The van der Waals surface area contributed by atoms with Crippen molar-refractivity contribution in [2.24, 2.45) is 5.18 Å². The summed E-state index contributed by atoms with van der Waals surface area (Å²) in [7, 11) is 0. The summed E-state index contributed by atoms with van der Waals surface area (Å²) in [6.07, 6.45) is 0. The lowest BCUT2D eigenvalue weighted by Gasteiger charge is -2.07. The molecule has 1 N–H and O–H groups in total. The van der Waals surface area contributed by atoms with Crippen LogP contribution in [0.1, 0.15) is 15.9 Å². The lowest BCUT2D eigenvalue weighted by atomic mass is 10.1. The number of nitroso groups, excluding NO2 is 1. The predicted molar refractivity (Wildman–Crippen MR) is 65.0 cm³/mol. The average molecular weight is 236 g/mol. The first-order valence-electron chi connectivity index (χ1n) is 5.46. The predicted octanol–water partition coefficient (Wildman–Crippen LogP) is 1.51. The van der Waals surface area contributed by atoms with E-state index >= 15 is 0 Å². The summed E-state index contributed by atoms with van der Waals surface area (Å²) in [5.41, 5.74) is 1.61. The number of carbonyl (C=O) groups excluding carboxylic acids is 1. The number of aryl methyl sites for hydroxylation is 1. The van der Waals surface area contributed by atoms with Gasteiger partial charge >= 0.3 is 0 Å². The molecule has 0 aliphatic rings. The van der Waals surface area contributed by atoms with E-state index < -0.39 is 0 Å². The molecular formula is C12H16N2O3. The van der Waals surface area contributed by atoms with Gasteiger partial charge in [-0.2, -0.15) is 4.91 Å². The normalized spacial score (nSPS) is 9.94. The van der Waals surface area contributed by atoms with Gasteiger partial charge in [0.05, 0.1) is 13.2 Å². The molecule has 0 atom stereocenters. The maximum Gasteiger partial charge on any atom is 0.251 e. The van der Waals surface area contributed by atoms with Crippen molar-refractivity contribution in [2.75, 3.05) is 26.3 Å². The van der Waals surface area contributed by atoms with Crippen molar-refractivity contribution in [3.63, 3.8) is 0 Å². The van der Waals surface area contributed by atoms with E-state index in [9.17, 15) is 9.70 Å². The smallest absolute Gasteiger partial charge is 0.251 e. The average Bonchev–Trinajstić information content (AvgIpc) is 2.34. The molecule has 0 saturated carbocycles. The van der Waals surface area contributed by atoms with E-state index in [0.717, 1.165) is 5.56 Å². The standard InChI is InChI=1S/C12H16N2O3/c1-10-4-2-3-5-11(10)12(15)13-6-8-17-9-7-14-16/h2-5H,6-9H2,1H3,(H,13,15). The monoisotopic (exact) mass is 236 g/mol. The summed E-state index contributed by atoms with van der Waals surface area (Å²) < 4.78 is 5.08. The maximum absolute atomic E-state index is 11.7. The molecular weight excluding hydrogens is 220 g/mol. The van der Waals surface area contributed by atoms with Gasteiger partial charge in [-0.15, -0.1) is 0 Å². The largest absolute Gasteiger partial charge is 0.378 e. The molecule has 0 fully saturated rings. The van der Waals surface area contributed by atoms with Crippen molar-refractivity contribution in [1.82, 2.24) is 5.32 Å². The van der Waals surface area contributed by atoms with E-state index in [1.54, 1.807) is 6.07 Å².